The molecule has 0 fully saturated rings. The van der Waals surface area contributed by atoms with Crippen LogP contribution in [0.2, 0.25) is 0 Å². The lowest BCUT2D eigenvalue weighted by molar-refractivity contribution is -0.132. The van der Waals surface area contributed by atoms with Crippen molar-refractivity contribution in [2.45, 2.75) is 19.4 Å². The number of nitrogens with zero attached hydrogens (tertiary/aromatic N) is 1. The van der Waals surface area contributed by atoms with Crippen molar-refractivity contribution in [2.24, 2.45) is 5.73 Å². The lowest BCUT2D eigenvalue weighted by atomic mass is 10.1. The molecule has 0 bridgehead atoms. The van der Waals surface area contributed by atoms with Crippen LogP contribution in [0.1, 0.15) is 13.3 Å². The smallest absolute Gasteiger partial charge is 0.226 e. The number of nitrogens with two attached hydrogens (primary N) is 1. The van der Waals surface area contributed by atoms with E-state index >= 15 is 0 Å². The molecule has 4 nitrogen and oxygen atoms in total. The van der Waals surface area contributed by atoms with Crippen molar-refractivity contribution in [3.8, 4) is 16.9 Å². The second-order valence-corrected chi connectivity index (χ2v) is 5.55. The van der Waals surface area contributed by atoms with E-state index in [1.165, 1.54) is 0 Å². The first-order valence-electron chi connectivity index (χ1n) is 7.86. The second kappa shape index (κ2) is 8.34. The van der Waals surface area contributed by atoms with Gasteiger partial charge in [-0.05, 0) is 18.6 Å². The number of para-hydroxylation sites is 1. The number of amides is 1. The molecule has 0 saturated heterocycles. The van der Waals surface area contributed by atoms with Crippen molar-refractivity contribution in [3.63, 3.8) is 0 Å². The number of benzene rings is 2. The van der Waals surface area contributed by atoms with Crippen molar-refractivity contribution in [2.75, 3.05) is 20.2 Å². The van der Waals surface area contributed by atoms with Crippen LogP contribution in [0.5, 0.6) is 5.75 Å². The highest BCUT2D eigenvalue weighted by molar-refractivity contribution is 5.76. The topological polar surface area (TPSA) is 55.6 Å². The Kier molecular flexibility index (Phi) is 6.18. The molecule has 0 aliphatic heterocycles. The molecule has 23 heavy (non-hydrogen) atoms. The Bertz CT molecular complexity index is 628. The largest absolute Gasteiger partial charge is 0.492 e. The minimum atomic E-state index is 0.0408. The van der Waals surface area contributed by atoms with E-state index in [4.69, 9.17) is 10.5 Å². The first-order valence-corrected chi connectivity index (χ1v) is 7.86. The third-order valence-electron chi connectivity index (χ3n) is 3.94. The zero-order chi connectivity index (χ0) is 16.7. The molecule has 2 aromatic rings. The number of carbonyl (C=O) groups excluding carboxylic acids is 1. The van der Waals surface area contributed by atoms with Crippen LogP contribution in [-0.2, 0) is 4.79 Å². The zero-order valence-electron chi connectivity index (χ0n) is 13.7. The van der Waals surface area contributed by atoms with Crippen LogP contribution in [0.4, 0.5) is 0 Å². The third-order valence-corrected chi connectivity index (χ3v) is 3.94. The molecule has 0 spiro atoms. The number of likely N-dealkylation sites (N-methyl/N-ethyl adjacent to an activating group) is 1. The van der Waals surface area contributed by atoms with Crippen LogP contribution < -0.4 is 10.5 Å². The summed E-state index contributed by atoms with van der Waals surface area (Å²) in [6.07, 6.45) is 0.337. The van der Waals surface area contributed by atoms with Gasteiger partial charge in [0.15, 0.2) is 0 Å². The Balaban J connectivity index is 1.98. The van der Waals surface area contributed by atoms with Crippen molar-refractivity contribution in [1.82, 2.24) is 4.90 Å². The summed E-state index contributed by atoms with van der Waals surface area (Å²) in [5, 5.41) is 0. The van der Waals surface area contributed by atoms with Gasteiger partial charge in [-0.1, -0.05) is 48.5 Å². The first kappa shape index (κ1) is 17.0. The minimum absolute atomic E-state index is 0.0408. The zero-order valence-corrected chi connectivity index (χ0v) is 13.7. The fourth-order valence-electron chi connectivity index (χ4n) is 2.28. The van der Waals surface area contributed by atoms with Gasteiger partial charge in [-0.3, -0.25) is 4.79 Å². The van der Waals surface area contributed by atoms with E-state index in [-0.39, 0.29) is 11.9 Å². The lowest BCUT2D eigenvalue weighted by Gasteiger charge is -2.23. The predicted octanol–water partition coefficient (Wildman–Crippen LogP) is 2.93. The van der Waals surface area contributed by atoms with Gasteiger partial charge in [0.2, 0.25) is 5.91 Å². The van der Waals surface area contributed by atoms with Crippen molar-refractivity contribution in [3.05, 3.63) is 54.6 Å². The molecule has 4 heteroatoms. The normalized spacial score (nSPS) is 11.8. The Morgan fingerprint density at radius 3 is 2.48 bits per heavy atom. The van der Waals surface area contributed by atoms with Crippen LogP contribution >= 0.6 is 0 Å². The van der Waals surface area contributed by atoms with Crippen molar-refractivity contribution in [1.29, 1.82) is 0 Å². The maximum Gasteiger partial charge on any atom is 0.226 e. The van der Waals surface area contributed by atoms with Crippen LogP contribution in [0, 0.1) is 0 Å². The molecule has 2 aromatic carbocycles. The lowest BCUT2D eigenvalue weighted by Crippen LogP contribution is -2.40. The van der Waals surface area contributed by atoms with Gasteiger partial charge in [0, 0.05) is 25.2 Å². The van der Waals surface area contributed by atoms with E-state index in [1.807, 2.05) is 61.5 Å². The SMILES string of the molecule is CC(CN)N(C)C(=O)CCOc1ccccc1-c1ccccc1. The Morgan fingerprint density at radius 2 is 1.78 bits per heavy atom. The van der Waals surface area contributed by atoms with E-state index in [1.54, 1.807) is 11.9 Å². The molecule has 0 radical (unpaired) electrons. The van der Waals surface area contributed by atoms with Crippen LogP contribution in [0.3, 0.4) is 0 Å². The van der Waals surface area contributed by atoms with Gasteiger partial charge in [0.05, 0.1) is 13.0 Å². The molecule has 1 atom stereocenters. The molecule has 0 heterocycles. The summed E-state index contributed by atoms with van der Waals surface area (Å²) in [6, 6.07) is 18.0. The van der Waals surface area contributed by atoms with E-state index in [0.29, 0.717) is 19.6 Å². The van der Waals surface area contributed by atoms with Gasteiger partial charge in [0.25, 0.3) is 0 Å². The minimum Gasteiger partial charge on any atom is -0.492 e. The summed E-state index contributed by atoms with van der Waals surface area (Å²) < 4.78 is 5.85. The Labute approximate surface area is 137 Å². The molecule has 1 amide bonds. The highest BCUT2D eigenvalue weighted by Crippen LogP contribution is 2.29. The van der Waals surface area contributed by atoms with Crippen LogP contribution in [0.15, 0.2) is 54.6 Å². The summed E-state index contributed by atoms with van der Waals surface area (Å²) in [6.45, 7) is 2.74. The van der Waals surface area contributed by atoms with Crippen LogP contribution in [-0.4, -0.2) is 37.0 Å². The highest BCUT2D eigenvalue weighted by Gasteiger charge is 2.14. The number of carbonyl (C=O) groups is 1. The average Bonchev–Trinajstić information content (AvgIpc) is 2.61. The quantitative estimate of drug-likeness (QED) is 0.855. The van der Waals surface area contributed by atoms with Gasteiger partial charge < -0.3 is 15.4 Å². The summed E-state index contributed by atoms with van der Waals surface area (Å²) in [5.74, 6) is 0.834. The maximum absolute atomic E-state index is 12.1. The molecule has 0 aromatic heterocycles. The molecule has 2 N–H and O–H groups in total. The monoisotopic (exact) mass is 312 g/mol. The van der Waals surface area contributed by atoms with Gasteiger partial charge >= 0.3 is 0 Å². The Morgan fingerprint density at radius 1 is 1.13 bits per heavy atom. The maximum atomic E-state index is 12.1. The van der Waals surface area contributed by atoms with Gasteiger partial charge in [-0.15, -0.1) is 0 Å². The molecule has 0 aliphatic rings. The Hall–Kier alpha value is -2.33. The fraction of sp³-hybridized carbons (Fsp3) is 0.316. The molecular weight excluding hydrogens is 288 g/mol. The van der Waals surface area contributed by atoms with Gasteiger partial charge in [-0.2, -0.15) is 0 Å². The molecule has 0 saturated carbocycles. The summed E-state index contributed by atoms with van der Waals surface area (Å²) >= 11 is 0. The van der Waals surface area contributed by atoms with Crippen molar-refractivity contribution < 1.29 is 9.53 Å². The number of hydrogen-bond acceptors (Lipinski definition) is 3. The number of ether oxygens (including phenoxy) is 1. The molecule has 1 unspecified atom stereocenters. The number of rotatable bonds is 7. The van der Waals surface area contributed by atoms with Crippen molar-refractivity contribution >= 4 is 5.91 Å². The highest BCUT2D eigenvalue weighted by atomic mass is 16.5. The second-order valence-electron chi connectivity index (χ2n) is 5.55. The summed E-state index contributed by atoms with van der Waals surface area (Å²) in [7, 11) is 1.78. The van der Waals surface area contributed by atoms with E-state index in [0.717, 1.165) is 16.9 Å². The molecule has 0 aliphatic carbocycles. The van der Waals surface area contributed by atoms with Crippen LogP contribution in [0.25, 0.3) is 11.1 Å². The summed E-state index contributed by atoms with van der Waals surface area (Å²) in [5.41, 5.74) is 7.72. The number of hydrogen-bond donors (Lipinski definition) is 1. The van der Waals surface area contributed by atoms with E-state index < -0.39 is 0 Å². The van der Waals surface area contributed by atoms with E-state index in [9.17, 15) is 4.79 Å². The van der Waals surface area contributed by atoms with Gasteiger partial charge in [-0.25, -0.2) is 0 Å². The standard InChI is InChI=1S/C19H24N2O2/c1-15(14-20)21(2)19(22)12-13-23-18-11-7-6-10-17(18)16-8-4-3-5-9-16/h3-11,15H,12-14,20H2,1-2H3. The van der Waals surface area contributed by atoms with E-state index in [2.05, 4.69) is 0 Å². The molecule has 2 rings (SSSR count). The summed E-state index contributed by atoms with van der Waals surface area (Å²) in [4.78, 5) is 13.8. The average molecular weight is 312 g/mol. The molecular formula is C19H24N2O2. The molecule has 122 valence electrons. The predicted molar refractivity (Wildman–Crippen MR) is 93.3 cm³/mol. The fourth-order valence-corrected chi connectivity index (χ4v) is 2.28. The van der Waals surface area contributed by atoms with Gasteiger partial charge in [0.1, 0.15) is 5.75 Å². The first-order chi connectivity index (χ1) is 11.1. The third kappa shape index (κ3) is 4.57.